The molecule has 22 heteroatoms. The summed E-state index contributed by atoms with van der Waals surface area (Å²) in [5, 5.41) is 12.4. The minimum atomic E-state index is -5.14. The molecule has 0 unspecified atom stereocenters. The maximum absolute atomic E-state index is 14.3. The van der Waals surface area contributed by atoms with Gasteiger partial charge in [0, 0.05) is 12.0 Å². The van der Waals surface area contributed by atoms with Crippen LogP contribution in [0, 0.1) is 0 Å². The Morgan fingerprint density at radius 2 is 1.53 bits per heavy atom. The van der Waals surface area contributed by atoms with Gasteiger partial charge in [-0.25, -0.2) is 18.0 Å². The number of primary amides is 1. The van der Waals surface area contributed by atoms with Crippen LogP contribution in [-0.2, 0) is 41.0 Å². The summed E-state index contributed by atoms with van der Waals surface area (Å²) in [7, 11) is -4.00. The summed E-state index contributed by atoms with van der Waals surface area (Å²) in [6.07, 6.45) is -12.5. The zero-order valence-corrected chi connectivity index (χ0v) is 33.4. The van der Waals surface area contributed by atoms with Gasteiger partial charge >= 0.3 is 24.5 Å². The number of carbonyl (C=O) groups excluding carboxylic acids is 3. The highest BCUT2D eigenvalue weighted by Gasteiger charge is 2.58. The number of anilines is 1. The molecule has 58 heavy (non-hydrogen) atoms. The van der Waals surface area contributed by atoms with Gasteiger partial charge in [-0.3, -0.25) is 10.1 Å². The smallest absolute Gasteiger partial charge is 0.444 e. The molecular weight excluding hydrogens is 806 g/mol. The first kappa shape index (κ1) is 46.7. The Bertz CT molecular complexity index is 2160. The number of allylic oxidation sites excluding steroid dienone is 1. The van der Waals surface area contributed by atoms with Crippen molar-refractivity contribution in [2.45, 2.75) is 102 Å². The number of fused-ring (bicyclic) bond motifs is 1. The van der Waals surface area contributed by atoms with Crippen molar-refractivity contribution < 1.29 is 67.9 Å². The fourth-order valence-corrected chi connectivity index (χ4v) is 6.18. The van der Waals surface area contributed by atoms with E-state index >= 15 is 0 Å². The second kappa shape index (κ2) is 17.0. The maximum atomic E-state index is 14.3. The minimum Gasteiger partial charge on any atom is -0.444 e. The van der Waals surface area contributed by atoms with Crippen molar-refractivity contribution in [1.29, 1.82) is 0 Å². The Labute approximate surface area is 329 Å². The number of aromatic nitrogens is 2. The topological polar surface area (TPSA) is 206 Å². The van der Waals surface area contributed by atoms with Crippen LogP contribution in [0.5, 0.6) is 0 Å². The summed E-state index contributed by atoms with van der Waals surface area (Å²) in [5.74, 6) is -4.15. The molecule has 2 heterocycles. The van der Waals surface area contributed by atoms with E-state index in [2.05, 4.69) is 31.5 Å². The van der Waals surface area contributed by atoms with Gasteiger partial charge in [0.2, 0.25) is 23.1 Å². The molecular formula is C36H42F6N6O9S. The zero-order valence-electron chi connectivity index (χ0n) is 32.6. The number of ether oxygens (including phenoxy) is 2. The van der Waals surface area contributed by atoms with Crippen molar-refractivity contribution in [2.75, 3.05) is 10.7 Å². The first-order valence-corrected chi connectivity index (χ1v) is 18.6. The molecule has 0 radical (unpaired) electrons. The van der Waals surface area contributed by atoms with Crippen molar-refractivity contribution >= 4 is 39.3 Å². The summed E-state index contributed by atoms with van der Waals surface area (Å²) in [5.41, 5.74) is 0.721. The predicted molar refractivity (Wildman–Crippen MR) is 196 cm³/mol. The summed E-state index contributed by atoms with van der Waals surface area (Å²) >= 11 is 0. The molecule has 3 N–H and O–H groups in total. The van der Waals surface area contributed by atoms with Gasteiger partial charge < -0.3 is 29.4 Å². The van der Waals surface area contributed by atoms with Gasteiger partial charge in [-0.2, -0.15) is 26.3 Å². The van der Waals surface area contributed by atoms with Gasteiger partial charge in [-0.1, -0.05) is 29.4 Å². The molecule has 0 spiro atoms. The van der Waals surface area contributed by atoms with Gasteiger partial charge in [0.05, 0.1) is 28.6 Å². The number of hydrogen-bond donors (Lipinski definition) is 2. The highest BCUT2D eigenvalue weighted by Crippen LogP contribution is 2.40. The molecule has 4 rings (SSSR count). The highest BCUT2D eigenvalue weighted by molar-refractivity contribution is 7.91. The number of sulfone groups is 1. The predicted octanol–water partition coefficient (Wildman–Crippen LogP) is 7.45. The number of halogens is 6. The lowest BCUT2D eigenvalue weighted by atomic mass is 10.0. The molecule has 0 fully saturated rings. The van der Waals surface area contributed by atoms with Crippen LogP contribution in [0.1, 0.15) is 78.8 Å². The van der Waals surface area contributed by atoms with Crippen LogP contribution in [0.2, 0.25) is 0 Å². The largest absolute Gasteiger partial charge is 0.451 e. The maximum Gasteiger partial charge on any atom is 0.451 e. The molecule has 318 valence electrons. The first-order valence-electron chi connectivity index (χ1n) is 17.0. The second-order valence-electron chi connectivity index (χ2n) is 14.8. The number of nitrogens with two attached hydrogens (primary N) is 1. The van der Waals surface area contributed by atoms with E-state index < -0.39 is 80.3 Å². The third-order valence-electron chi connectivity index (χ3n) is 7.62. The van der Waals surface area contributed by atoms with Crippen molar-refractivity contribution in [3.05, 3.63) is 71.8 Å². The van der Waals surface area contributed by atoms with Gasteiger partial charge in [0.1, 0.15) is 11.2 Å². The van der Waals surface area contributed by atoms with E-state index in [-0.39, 0.29) is 34.8 Å². The lowest BCUT2D eigenvalue weighted by Crippen LogP contribution is -2.55. The fourth-order valence-electron chi connectivity index (χ4n) is 4.76. The van der Waals surface area contributed by atoms with Crippen molar-refractivity contribution in [3.63, 3.8) is 0 Å². The van der Waals surface area contributed by atoms with Gasteiger partial charge in [0.25, 0.3) is 5.89 Å². The molecule has 3 aromatic rings. The lowest BCUT2D eigenvalue weighted by Gasteiger charge is -2.30. The molecule has 1 atom stereocenters. The quantitative estimate of drug-likeness (QED) is 0.0986. The van der Waals surface area contributed by atoms with Crippen LogP contribution in [0.15, 0.2) is 69.3 Å². The van der Waals surface area contributed by atoms with Crippen LogP contribution in [0.4, 0.5) is 41.6 Å². The van der Waals surface area contributed by atoms with E-state index in [1.54, 1.807) is 26.1 Å². The molecule has 3 amide bonds. The van der Waals surface area contributed by atoms with Gasteiger partial charge in [-0.05, 0) is 91.3 Å². The molecule has 1 aliphatic rings. The Kier molecular flexibility index (Phi) is 13.7. The van der Waals surface area contributed by atoms with Gasteiger partial charge in [0.15, 0.2) is 9.84 Å². The number of hydrogen-bond acceptors (Lipinski definition) is 12. The number of oxime groups is 1. The summed E-state index contributed by atoms with van der Waals surface area (Å²) < 4.78 is 122. The molecule has 0 bridgehead atoms. The summed E-state index contributed by atoms with van der Waals surface area (Å²) in [4.78, 5) is 40.9. The molecule has 0 saturated heterocycles. The molecule has 2 aromatic carbocycles. The Hall–Kier alpha value is -5.67. The third kappa shape index (κ3) is 12.4. The van der Waals surface area contributed by atoms with Crippen LogP contribution >= 0.6 is 0 Å². The molecule has 0 aliphatic carbocycles. The van der Waals surface area contributed by atoms with E-state index in [1.807, 2.05) is 0 Å². The molecule has 1 aliphatic heterocycles. The van der Waals surface area contributed by atoms with E-state index in [1.165, 1.54) is 64.1 Å². The number of carbonyl (C=O) groups is 3. The van der Waals surface area contributed by atoms with Crippen LogP contribution in [0.25, 0.3) is 11.5 Å². The monoisotopic (exact) mass is 848 g/mol. The summed E-state index contributed by atoms with van der Waals surface area (Å²) in [6, 6.07) is 9.64. The number of rotatable bonds is 8. The number of benzene rings is 2. The Morgan fingerprint density at radius 3 is 2.03 bits per heavy atom. The van der Waals surface area contributed by atoms with Crippen molar-refractivity contribution in [3.8, 4) is 11.5 Å². The standard InChI is InChI=1S/C31H31F6N5O7S.C5H11NO2/c1-17(41-49-18(2)30(32,33)34)20-9-7-19(8-10-20)16-42-22-15-21(11-12-23(22)50(45,46)14-13-24(42)43)25-39-40-26(47-25)29(6,31(35,36)37)38-27(44)48-28(3,4)5;1-5(2,3)8-4(6)7/h7-12,15H,2,13-14,16H2,1,3-6H3,(H,38,44);1-3H3,(H2,6,7)/b41-17+;/t29-;/m1./s1. The number of nitrogens with zero attached hydrogens (tertiary/aromatic N) is 4. The number of amides is 3. The second-order valence-corrected chi connectivity index (χ2v) is 16.9. The Balaban J connectivity index is 0.00000101. The lowest BCUT2D eigenvalue weighted by molar-refractivity contribution is -0.199. The average molecular weight is 849 g/mol. The third-order valence-corrected chi connectivity index (χ3v) is 9.37. The number of nitrogens with one attached hydrogen (secondary N) is 1. The van der Waals surface area contributed by atoms with E-state index in [4.69, 9.17) is 14.9 Å². The van der Waals surface area contributed by atoms with Crippen LogP contribution in [-0.4, -0.2) is 71.7 Å². The van der Waals surface area contributed by atoms with Crippen LogP contribution < -0.4 is 16.0 Å². The highest BCUT2D eigenvalue weighted by atomic mass is 32.2. The zero-order chi connectivity index (χ0) is 44.2. The first-order chi connectivity index (χ1) is 26.3. The summed E-state index contributed by atoms with van der Waals surface area (Å²) in [6.45, 7) is 14.2. The number of alkyl halides is 6. The molecule has 15 nitrogen and oxygen atoms in total. The van der Waals surface area contributed by atoms with Crippen molar-refractivity contribution in [2.24, 2.45) is 10.9 Å². The molecule has 0 saturated carbocycles. The van der Waals surface area contributed by atoms with E-state index in [0.717, 1.165) is 11.0 Å². The van der Waals surface area contributed by atoms with Crippen molar-refractivity contribution in [1.82, 2.24) is 15.5 Å². The Morgan fingerprint density at radius 1 is 0.948 bits per heavy atom. The fraction of sp³-hybridized carbons (Fsp3) is 0.444. The SMILES string of the molecule is C=C(O/N=C(\C)c1ccc(CN2C(=O)CCS(=O)(=O)c3ccc(-c4nnc([C@@](C)(NC(=O)OC(C)(C)C)C(F)(F)F)o4)cc32)cc1)C(F)(F)F.CC(C)(C)OC(N)=O. The van der Waals surface area contributed by atoms with E-state index in [0.29, 0.717) is 18.1 Å². The minimum absolute atomic E-state index is 0.0400. The normalized spacial score (nSPS) is 15.8. The van der Waals surface area contributed by atoms with Crippen LogP contribution in [0.3, 0.4) is 0 Å². The number of alkyl carbamates (subject to hydrolysis) is 1. The van der Waals surface area contributed by atoms with Gasteiger partial charge in [-0.15, -0.1) is 10.2 Å². The molecule has 1 aromatic heterocycles. The average Bonchev–Trinajstić information content (AvgIpc) is 3.54. The van der Waals surface area contributed by atoms with E-state index in [9.17, 15) is 49.1 Å².